The first-order valence-corrected chi connectivity index (χ1v) is 13.0. The summed E-state index contributed by atoms with van der Waals surface area (Å²) in [6.45, 7) is 1.82. The first kappa shape index (κ1) is 25.0. The molecule has 2 aromatic heterocycles. The van der Waals surface area contributed by atoms with E-state index < -0.39 is 18.5 Å². The van der Waals surface area contributed by atoms with E-state index in [-0.39, 0.29) is 0 Å². The fraction of sp³-hybridized carbons (Fsp3) is 0.107. The molecule has 1 amide bonds. The van der Waals surface area contributed by atoms with Crippen LogP contribution in [0.3, 0.4) is 0 Å². The smallest absolute Gasteiger partial charge is 0.348 e. The summed E-state index contributed by atoms with van der Waals surface area (Å²) in [6, 6.07) is 24.3. The van der Waals surface area contributed by atoms with E-state index >= 15 is 0 Å². The molecule has 6 nitrogen and oxygen atoms in total. The summed E-state index contributed by atoms with van der Waals surface area (Å²) in [5, 5.41) is 9.34. The van der Waals surface area contributed by atoms with E-state index in [1.807, 2.05) is 61.5 Å². The Kier molecular flexibility index (Phi) is 7.28. The molecule has 0 unspecified atom stereocenters. The molecule has 0 saturated carbocycles. The van der Waals surface area contributed by atoms with Crippen molar-refractivity contribution in [1.82, 2.24) is 9.78 Å². The molecular formula is C28H21Cl2N3O3S. The van der Waals surface area contributed by atoms with Crippen molar-refractivity contribution in [3.05, 3.63) is 105 Å². The number of rotatable bonds is 7. The van der Waals surface area contributed by atoms with Crippen LogP contribution >= 0.6 is 34.5 Å². The maximum atomic E-state index is 12.8. The van der Waals surface area contributed by atoms with Gasteiger partial charge in [-0.05, 0) is 36.8 Å². The number of halogens is 2. The minimum absolute atomic E-state index is 0.362. The lowest BCUT2D eigenvalue weighted by atomic mass is 10.0. The summed E-state index contributed by atoms with van der Waals surface area (Å²) in [5.41, 5.74) is 4.02. The van der Waals surface area contributed by atoms with Crippen molar-refractivity contribution in [3.63, 3.8) is 0 Å². The molecule has 0 radical (unpaired) electrons. The number of nitrogens with zero attached hydrogens (tertiary/aromatic N) is 2. The number of aromatic nitrogens is 2. The van der Waals surface area contributed by atoms with Crippen LogP contribution in [0.25, 0.3) is 21.3 Å². The Bertz CT molecular complexity index is 1590. The number of nitrogens with one attached hydrogen (secondary N) is 1. The van der Waals surface area contributed by atoms with Crippen LogP contribution in [0.1, 0.15) is 20.9 Å². The van der Waals surface area contributed by atoms with Gasteiger partial charge in [0.1, 0.15) is 9.71 Å². The summed E-state index contributed by atoms with van der Waals surface area (Å²) in [6.07, 6.45) is 0. The van der Waals surface area contributed by atoms with Gasteiger partial charge >= 0.3 is 5.97 Å². The predicted octanol–water partition coefficient (Wildman–Crippen LogP) is 7.22. The number of esters is 1. The Hall–Kier alpha value is -3.65. The van der Waals surface area contributed by atoms with Gasteiger partial charge in [-0.2, -0.15) is 5.10 Å². The lowest BCUT2D eigenvalue weighted by Gasteiger charge is -2.11. The van der Waals surface area contributed by atoms with Gasteiger partial charge in [0.25, 0.3) is 5.91 Å². The first-order chi connectivity index (χ1) is 17.9. The van der Waals surface area contributed by atoms with Crippen molar-refractivity contribution >= 4 is 62.3 Å². The van der Waals surface area contributed by atoms with E-state index in [4.69, 9.17) is 27.9 Å². The zero-order chi connectivity index (χ0) is 25.9. The third-order valence-electron chi connectivity index (χ3n) is 5.80. The maximum absolute atomic E-state index is 12.8. The van der Waals surface area contributed by atoms with Gasteiger partial charge in [-0.3, -0.25) is 4.79 Å². The van der Waals surface area contributed by atoms with Crippen molar-refractivity contribution in [3.8, 4) is 11.1 Å². The third-order valence-corrected chi connectivity index (χ3v) is 7.64. The highest BCUT2D eigenvalue weighted by Gasteiger charge is 2.20. The van der Waals surface area contributed by atoms with Gasteiger partial charge in [-0.15, -0.1) is 11.3 Å². The van der Waals surface area contributed by atoms with Gasteiger partial charge in [0.15, 0.2) is 6.61 Å². The van der Waals surface area contributed by atoms with Crippen LogP contribution in [0.5, 0.6) is 0 Å². The highest BCUT2D eigenvalue weighted by molar-refractivity contribution is 7.20. The van der Waals surface area contributed by atoms with Crippen LogP contribution in [0.4, 0.5) is 5.69 Å². The number of hydrogen-bond acceptors (Lipinski definition) is 5. The number of fused-ring (bicyclic) bond motifs is 1. The van der Waals surface area contributed by atoms with Gasteiger partial charge < -0.3 is 10.1 Å². The SMILES string of the molecule is Cc1nn(Cc2c(Cl)cccc2Cl)c2sc(C(=O)OCC(=O)Nc3ccccc3-c3ccccc3)cc12. The molecule has 0 fully saturated rings. The summed E-state index contributed by atoms with van der Waals surface area (Å²) in [5.74, 6) is -0.997. The zero-order valence-corrected chi connectivity index (χ0v) is 22.0. The number of para-hydroxylation sites is 1. The molecule has 0 bridgehead atoms. The number of carbonyl (C=O) groups excluding carboxylic acids is 2. The number of ether oxygens (including phenoxy) is 1. The van der Waals surface area contributed by atoms with Gasteiger partial charge in [0.2, 0.25) is 0 Å². The molecule has 37 heavy (non-hydrogen) atoms. The normalized spacial score (nSPS) is 11.0. The molecule has 0 spiro atoms. The monoisotopic (exact) mass is 549 g/mol. The minimum Gasteiger partial charge on any atom is -0.451 e. The van der Waals surface area contributed by atoms with E-state index in [1.54, 1.807) is 28.9 Å². The third kappa shape index (κ3) is 5.39. The van der Waals surface area contributed by atoms with E-state index in [2.05, 4.69) is 10.4 Å². The van der Waals surface area contributed by atoms with Gasteiger partial charge in [-0.25, -0.2) is 9.48 Å². The Balaban J connectivity index is 1.28. The Morgan fingerprint density at radius 2 is 1.68 bits per heavy atom. The van der Waals surface area contributed by atoms with Crippen molar-refractivity contribution < 1.29 is 14.3 Å². The molecule has 0 aliphatic heterocycles. The topological polar surface area (TPSA) is 73.2 Å². The number of carbonyl (C=O) groups is 2. The van der Waals surface area contributed by atoms with Gasteiger partial charge in [-0.1, -0.05) is 77.8 Å². The second-order valence-corrected chi connectivity index (χ2v) is 10.2. The number of amides is 1. The molecule has 5 aromatic rings. The molecule has 3 aromatic carbocycles. The zero-order valence-electron chi connectivity index (χ0n) is 19.7. The van der Waals surface area contributed by atoms with Gasteiger partial charge in [0.05, 0.1) is 12.2 Å². The summed E-state index contributed by atoms with van der Waals surface area (Å²) >= 11 is 13.9. The molecule has 9 heteroatoms. The fourth-order valence-corrected chi connectivity index (χ4v) is 5.58. The van der Waals surface area contributed by atoms with E-state index in [1.165, 1.54) is 11.3 Å². The largest absolute Gasteiger partial charge is 0.451 e. The van der Waals surface area contributed by atoms with Crippen LogP contribution in [-0.4, -0.2) is 28.3 Å². The van der Waals surface area contributed by atoms with E-state index in [0.29, 0.717) is 27.2 Å². The highest BCUT2D eigenvalue weighted by Crippen LogP contribution is 2.32. The second-order valence-electron chi connectivity index (χ2n) is 8.31. The lowest BCUT2D eigenvalue weighted by Crippen LogP contribution is -2.21. The summed E-state index contributed by atoms with van der Waals surface area (Å²) in [7, 11) is 0. The fourth-order valence-electron chi connectivity index (χ4n) is 4.00. The molecule has 186 valence electrons. The summed E-state index contributed by atoms with van der Waals surface area (Å²) in [4.78, 5) is 26.6. The lowest BCUT2D eigenvalue weighted by molar-refractivity contribution is -0.119. The maximum Gasteiger partial charge on any atom is 0.348 e. The van der Waals surface area contributed by atoms with Crippen molar-refractivity contribution in [2.24, 2.45) is 0 Å². The highest BCUT2D eigenvalue weighted by atomic mass is 35.5. The number of anilines is 1. The van der Waals surface area contributed by atoms with Crippen molar-refractivity contribution in [2.75, 3.05) is 11.9 Å². The molecule has 2 heterocycles. The average Bonchev–Trinajstić information content (AvgIpc) is 3.46. The molecular weight excluding hydrogens is 529 g/mol. The predicted molar refractivity (Wildman–Crippen MR) is 149 cm³/mol. The number of hydrogen-bond donors (Lipinski definition) is 1. The molecule has 5 rings (SSSR count). The molecule has 0 aliphatic carbocycles. The molecule has 0 atom stereocenters. The summed E-state index contributed by atoms with van der Waals surface area (Å²) < 4.78 is 7.10. The molecule has 1 N–H and O–H groups in total. The number of thiophene rings is 1. The van der Waals surface area contributed by atoms with Crippen LogP contribution < -0.4 is 5.32 Å². The Morgan fingerprint density at radius 1 is 0.973 bits per heavy atom. The Morgan fingerprint density at radius 3 is 2.43 bits per heavy atom. The minimum atomic E-state index is -0.575. The van der Waals surface area contributed by atoms with Crippen LogP contribution in [0, 0.1) is 6.92 Å². The quantitative estimate of drug-likeness (QED) is 0.217. The van der Waals surface area contributed by atoms with Crippen LogP contribution in [0.2, 0.25) is 10.0 Å². The van der Waals surface area contributed by atoms with Crippen molar-refractivity contribution in [2.45, 2.75) is 13.5 Å². The van der Waals surface area contributed by atoms with Crippen molar-refractivity contribution in [1.29, 1.82) is 0 Å². The van der Waals surface area contributed by atoms with E-state index in [9.17, 15) is 9.59 Å². The van der Waals surface area contributed by atoms with E-state index in [0.717, 1.165) is 32.6 Å². The second kappa shape index (κ2) is 10.8. The Labute approximate surface area is 227 Å². The van der Waals surface area contributed by atoms with Crippen LogP contribution in [0.15, 0.2) is 78.9 Å². The standard InChI is InChI=1S/C28H21Cl2N3O3S/c1-17-20-14-25(37-27(20)33(32-17)15-21-22(29)11-7-12-23(21)30)28(35)36-16-26(34)31-24-13-6-5-10-19(24)18-8-3-2-4-9-18/h2-14H,15-16H2,1H3,(H,31,34). The number of aryl methyl sites for hydroxylation is 1. The average molecular weight is 550 g/mol. The first-order valence-electron chi connectivity index (χ1n) is 11.4. The molecule has 0 aliphatic rings. The van der Waals surface area contributed by atoms with Crippen LogP contribution in [-0.2, 0) is 16.1 Å². The molecule has 0 saturated heterocycles. The number of benzene rings is 3. The van der Waals surface area contributed by atoms with Gasteiger partial charge in [0, 0.05) is 32.2 Å².